The highest BCUT2D eigenvalue weighted by atomic mass is 19.1. The first kappa shape index (κ1) is 17.0. The van der Waals surface area contributed by atoms with Crippen LogP contribution in [0.15, 0.2) is 54.6 Å². The van der Waals surface area contributed by atoms with Gasteiger partial charge in [0.05, 0.1) is 0 Å². The summed E-state index contributed by atoms with van der Waals surface area (Å²) in [5.74, 6) is -0.230. The Balaban J connectivity index is 1.90. The predicted molar refractivity (Wildman–Crippen MR) is 90.6 cm³/mol. The number of amides is 2. The van der Waals surface area contributed by atoms with Crippen molar-refractivity contribution in [3.63, 3.8) is 0 Å². The van der Waals surface area contributed by atoms with E-state index in [9.17, 15) is 9.18 Å². The van der Waals surface area contributed by atoms with E-state index in [2.05, 4.69) is 5.32 Å². The van der Waals surface area contributed by atoms with E-state index in [1.54, 1.807) is 23.1 Å². The van der Waals surface area contributed by atoms with Crippen LogP contribution in [-0.2, 0) is 13.0 Å². The summed E-state index contributed by atoms with van der Waals surface area (Å²) in [5, 5.41) is 2.88. The zero-order chi connectivity index (χ0) is 16.7. The van der Waals surface area contributed by atoms with Gasteiger partial charge in [0, 0.05) is 19.1 Å². The van der Waals surface area contributed by atoms with Crippen LogP contribution in [-0.4, -0.2) is 23.5 Å². The molecule has 0 unspecified atom stereocenters. The number of carbonyl (C=O) groups is 1. The quantitative estimate of drug-likeness (QED) is 0.859. The van der Waals surface area contributed by atoms with E-state index in [0.29, 0.717) is 25.1 Å². The van der Waals surface area contributed by atoms with Crippen LogP contribution in [0.4, 0.5) is 9.18 Å². The van der Waals surface area contributed by atoms with E-state index in [1.165, 1.54) is 6.07 Å². The molecule has 0 fully saturated rings. The van der Waals surface area contributed by atoms with Gasteiger partial charge in [0.25, 0.3) is 0 Å². The molecule has 0 aliphatic heterocycles. The third-order valence-corrected chi connectivity index (χ3v) is 3.71. The molecule has 2 amide bonds. The molecule has 0 saturated carbocycles. The third kappa shape index (κ3) is 5.09. The zero-order valence-electron chi connectivity index (χ0n) is 13.6. The molecule has 3 nitrogen and oxygen atoms in total. The monoisotopic (exact) mass is 314 g/mol. The minimum atomic E-state index is -0.230. The topological polar surface area (TPSA) is 32.3 Å². The minimum Gasteiger partial charge on any atom is -0.338 e. The van der Waals surface area contributed by atoms with Crippen LogP contribution in [0.1, 0.15) is 25.0 Å². The molecular weight excluding hydrogens is 291 g/mol. The molecule has 0 spiro atoms. The van der Waals surface area contributed by atoms with Gasteiger partial charge in [-0.1, -0.05) is 48.5 Å². The number of rotatable bonds is 6. The Hall–Kier alpha value is -2.36. The Labute approximate surface area is 137 Å². The van der Waals surface area contributed by atoms with Crippen molar-refractivity contribution in [2.75, 3.05) is 6.54 Å². The Morgan fingerprint density at radius 2 is 1.74 bits per heavy atom. The molecule has 0 aliphatic carbocycles. The molecule has 2 rings (SSSR count). The smallest absolute Gasteiger partial charge is 0.317 e. The first-order valence-corrected chi connectivity index (χ1v) is 7.89. The molecule has 2 aromatic carbocycles. The van der Waals surface area contributed by atoms with Gasteiger partial charge >= 0.3 is 6.03 Å². The number of hydrogen-bond acceptors (Lipinski definition) is 1. The van der Waals surface area contributed by atoms with Gasteiger partial charge in [-0.2, -0.15) is 0 Å². The summed E-state index contributed by atoms with van der Waals surface area (Å²) in [4.78, 5) is 14.2. The van der Waals surface area contributed by atoms with Crippen LogP contribution in [0, 0.1) is 5.82 Å². The van der Waals surface area contributed by atoms with Crippen molar-refractivity contribution in [1.82, 2.24) is 10.2 Å². The average molecular weight is 314 g/mol. The van der Waals surface area contributed by atoms with Crippen molar-refractivity contribution >= 4 is 6.03 Å². The highest BCUT2D eigenvalue weighted by Crippen LogP contribution is 2.09. The first-order valence-electron chi connectivity index (χ1n) is 7.89. The highest BCUT2D eigenvalue weighted by Gasteiger charge is 2.16. The molecule has 0 aliphatic rings. The van der Waals surface area contributed by atoms with Crippen LogP contribution < -0.4 is 5.32 Å². The first-order chi connectivity index (χ1) is 11.1. The van der Waals surface area contributed by atoms with Crippen LogP contribution >= 0.6 is 0 Å². The summed E-state index contributed by atoms with van der Waals surface area (Å²) in [6.07, 6.45) is 0.482. The second kappa shape index (κ2) is 8.32. The largest absolute Gasteiger partial charge is 0.338 e. The number of hydrogen-bond donors (Lipinski definition) is 1. The second-order valence-electron chi connectivity index (χ2n) is 5.78. The van der Waals surface area contributed by atoms with Gasteiger partial charge in [0.2, 0.25) is 0 Å². The summed E-state index contributed by atoms with van der Waals surface area (Å²) in [6.45, 7) is 4.95. The summed E-state index contributed by atoms with van der Waals surface area (Å²) in [7, 11) is 0. The number of urea groups is 1. The number of halogens is 1. The van der Waals surface area contributed by atoms with Crippen molar-refractivity contribution in [3.8, 4) is 0 Å². The molecular formula is C19H23FN2O. The Kier molecular flexibility index (Phi) is 6.15. The van der Waals surface area contributed by atoms with Crippen LogP contribution in [0.5, 0.6) is 0 Å². The summed E-state index contributed by atoms with van der Waals surface area (Å²) in [5.41, 5.74) is 1.71. The number of carbonyl (C=O) groups excluding carboxylic acids is 1. The van der Waals surface area contributed by atoms with Crippen molar-refractivity contribution in [2.24, 2.45) is 0 Å². The van der Waals surface area contributed by atoms with E-state index >= 15 is 0 Å². The van der Waals surface area contributed by atoms with Crippen LogP contribution in [0.3, 0.4) is 0 Å². The molecule has 2 aromatic rings. The maximum Gasteiger partial charge on any atom is 0.317 e. The molecule has 0 heterocycles. The summed E-state index contributed by atoms with van der Waals surface area (Å²) in [6, 6.07) is 16.5. The van der Waals surface area contributed by atoms with E-state index in [1.807, 2.05) is 44.2 Å². The molecule has 0 atom stereocenters. The van der Waals surface area contributed by atoms with E-state index < -0.39 is 0 Å². The third-order valence-electron chi connectivity index (χ3n) is 3.71. The molecule has 0 aromatic heterocycles. The lowest BCUT2D eigenvalue weighted by atomic mass is 10.1. The standard InChI is InChI=1S/C19H23FN2O/c1-15(2)22(14-16-8-4-3-5-9-16)19(23)21-13-12-17-10-6-7-11-18(17)20/h3-11,15H,12-14H2,1-2H3,(H,21,23). The van der Waals surface area contributed by atoms with Gasteiger partial charge in [-0.15, -0.1) is 0 Å². The Morgan fingerprint density at radius 1 is 1.09 bits per heavy atom. The summed E-state index contributed by atoms with van der Waals surface area (Å²) >= 11 is 0. The fourth-order valence-electron chi connectivity index (χ4n) is 2.38. The lowest BCUT2D eigenvalue weighted by Gasteiger charge is -2.27. The highest BCUT2D eigenvalue weighted by molar-refractivity contribution is 5.74. The van der Waals surface area contributed by atoms with Gasteiger partial charge < -0.3 is 10.2 Å². The van der Waals surface area contributed by atoms with Crippen molar-refractivity contribution in [2.45, 2.75) is 32.9 Å². The molecule has 122 valence electrons. The Morgan fingerprint density at radius 3 is 2.39 bits per heavy atom. The second-order valence-corrected chi connectivity index (χ2v) is 5.78. The minimum absolute atomic E-state index is 0.0867. The molecule has 0 saturated heterocycles. The molecule has 0 radical (unpaired) electrons. The number of nitrogens with zero attached hydrogens (tertiary/aromatic N) is 1. The SMILES string of the molecule is CC(C)N(Cc1ccccc1)C(=O)NCCc1ccccc1F. The van der Waals surface area contributed by atoms with Gasteiger partial charge in [-0.25, -0.2) is 9.18 Å². The van der Waals surface area contributed by atoms with Crippen LogP contribution in [0.25, 0.3) is 0 Å². The van der Waals surface area contributed by atoms with Gasteiger partial charge in [-0.3, -0.25) is 0 Å². The molecule has 1 N–H and O–H groups in total. The zero-order valence-corrected chi connectivity index (χ0v) is 13.6. The average Bonchev–Trinajstić information content (AvgIpc) is 2.55. The van der Waals surface area contributed by atoms with Gasteiger partial charge in [0.1, 0.15) is 5.82 Å². The maximum absolute atomic E-state index is 13.6. The van der Waals surface area contributed by atoms with E-state index in [-0.39, 0.29) is 17.9 Å². The lowest BCUT2D eigenvalue weighted by molar-refractivity contribution is 0.180. The van der Waals surface area contributed by atoms with Crippen molar-refractivity contribution in [3.05, 3.63) is 71.5 Å². The van der Waals surface area contributed by atoms with Gasteiger partial charge in [0.15, 0.2) is 0 Å². The molecule has 23 heavy (non-hydrogen) atoms. The van der Waals surface area contributed by atoms with Gasteiger partial charge in [-0.05, 0) is 37.5 Å². The summed E-state index contributed by atoms with van der Waals surface area (Å²) < 4.78 is 13.6. The number of benzene rings is 2. The maximum atomic E-state index is 13.6. The molecule has 4 heteroatoms. The normalized spacial score (nSPS) is 10.6. The predicted octanol–water partition coefficient (Wildman–Crippen LogP) is 3.99. The fourth-order valence-corrected chi connectivity index (χ4v) is 2.38. The Bertz CT molecular complexity index is 628. The van der Waals surface area contributed by atoms with Crippen LogP contribution in [0.2, 0.25) is 0 Å². The number of nitrogens with one attached hydrogen (secondary N) is 1. The fraction of sp³-hybridized carbons (Fsp3) is 0.316. The van der Waals surface area contributed by atoms with Crippen molar-refractivity contribution < 1.29 is 9.18 Å². The lowest BCUT2D eigenvalue weighted by Crippen LogP contribution is -2.44. The van der Waals surface area contributed by atoms with E-state index in [0.717, 1.165) is 5.56 Å². The van der Waals surface area contributed by atoms with E-state index in [4.69, 9.17) is 0 Å². The molecule has 0 bridgehead atoms. The van der Waals surface area contributed by atoms with Crippen molar-refractivity contribution in [1.29, 1.82) is 0 Å².